The van der Waals surface area contributed by atoms with Crippen LogP contribution in [0.2, 0.25) is 5.02 Å². The van der Waals surface area contributed by atoms with Crippen LogP contribution in [-0.4, -0.2) is 43.5 Å². The lowest BCUT2D eigenvalue weighted by Crippen LogP contribution is -2.24. The minimum Gasteiger partial charge on any atom is -0.277 e. The number of pyridine rings is 2. The van der Waals surface area contributed by atoms with Crippen molar-refractivity contribution < 1.29 is 14.0 Å². The second-order valence-electron chi connectivity index (χ2n) is 6.51. The molecule has 0 atom stereocenters. The zero-order valence-electron chi connectivity index (χ0n) is 14.9. The molecule has 2 amide bonds. The number of hydrogen-bond donors (Lipinski definition) is 0. The molecule has 1 aliphatic rings. The normalized spacial score (nSPS) is 13.4. The standard InChI is InChI=1S/C20H11ClFN5O2/c1-26-19(28)12-9-24-18-16(15(12)20(26)29)17(10-3-2-6-23-8-10)25-27(18)14-5-4-11(21)7-13(14)22/h2-9H,1H3. The van der Waals surface area contributed by atoms with Crippen molar-refractivity contribution in [2.24, 2.45) is 0 Å². The molecule has 0 saturated heterocycles. The molecule has 7 nitrogen and oxygen atoms in total. The van der Waals surface area contributed by atoms with Crippen LogP contribution in [0.15, 0.2) is 48.9 Å². The highest BCUT2D eigenvalue weighted by Crippen LogP contribution is 2.36. The van der Waals surface area contributed by atoms with Gasteiger partial charge in [0.1, 0.15) is 17.2 Å². The second-order valence-corrected chi connectivity index (χ2v) is 6.95. The fourth-order valence-corrected chi connectivity index (χ4v) is 3.59. The number of benzene rings is 1. The summed E-state index contributed by atoms with van der Waals surface area (Å²) in [5, 5.41) is 5.14. The van der Waals surface area contributed by atoms with Crippen LogP contribution in [0.1, 0.15) is 20.7 Å². The van der Waals surface area contributed by atoms with Crippen molar-refractivity contribution in [1.29, 1.82) is 0 Å². The first kappa shape index (κ1) is 17.4. The number of carbonyl (C=O) groups is 2. The molecule has 4 heterocycles. The molecule has 0 N–H and O–H groups in total. The summed E-state index contributed by atoms with van der Waals surface area (Å²) in [5.74, 6) is -1.50. The van der Waals surface area contributed by atoms with Crippen molar-refractivity contribution >= 4 is 34.4 Å². The van der Waals surface area contributed by atoms with Crippen molar-refractivity contribution in [2.75, 3.05) is 7.05 Å². The Morgan fingerprint density at radius 2 is 1.93 bits per heavy atom. The van der Waals surface area contributed by atoms with E-state index in [4.69, 9.17) is 11.6 Å². The summed E-state index contributed by atoms with van der Waals surface area (Å²) in [7, 11) is 1.41. The second kappa shape index (κ2) is 6.18. The van der Waals surface area contributed by atoms with Crippen molar-refractivity contribution in [3.05, 3.63) is 70.9 Å². The number of imide groups is 1. The molecule has 9 heteroatoms. The average molecular weight is 408 g/mol. The van der Waals surface area contributed by atoms with E-state index in [-0.39, 0.29) is 27.5 Å². The van der Waals surface area contributed by atoms with Crippen LogP contribution in [0.5, 0.6) is 0 Å². The van der Waals surface area contributed by atoms with Gasteiger partial charge in [-0.15, -0.1) is 0 Å². The molecule has 0 saturated carbocycles. The number of carbonyl (C=O) groups excluding carboxylic acids is 2. The van der Waals surface area contributed by atoms with Crippen molar-refractivity contribution in [3.63, 3.8) is 0 Å². The Morgan fingerprint density at radius 1 is 1.10 bits per heavy atom. The van der Waals surface area contributed by atoms with Gasteiger partial charge in [0, 0.05) is 36.2 Å². The Morgan fingerprint density at radius 3 is 2.66 bits per heavy atom. The number of hydrogen-bond acceptors (Lipinski definition) is 5. The molecule has 0 fully saturated rings. The Kier molecular flexibility index (Phi) is 3.72. The highest BCUT2D eigenvalue weighted by atomic mass is 35.5. The molecular weight excluding hydrogens is 397 g/mol. The summed E-state index contributed by atoms with van der Waals surface area (Å²) in [6.07, 6.45) is 4.50. The maximum atomic E-state index is 14.6. The topological polar surface area (TPSA) is 81.0 Å². The summed E-state index contributed by atoms with van der Waals surface area (Å²) >= 11 is 5.87. The fourth-order valence-electron chi connectivity index (χ4n) is 3.43. The molecule has 0 aliphatic carbocycles. The van der Waals surface area contributed by atoms with Gasteiger partial charge in [-0.2, -0.15) is 5.10 Å². The van der Waals surface area contributed by atoms with Gasteiger partial charge in [-0.25, -0.2) is 14.1 Å². The Labute approximate surface area is 168 Å². The third-order valence-corrected chi connectivity index (χ3v) is 5.06. The fraction of sp³-hybridized carbons (Fsp3) is 0.0500. The summed E-state index contributed by atoms with van der Waals surface area (Å²) in [6, 6.07) is 7.67. The molecule has 0 bridgehead atoms. The summed E-state index contributed by atoms with van der Waals surface area (Å²) in [5.41, 5.74) is 1.74. The van der Waals surface area contributed by atoms with E-state index in [0.717, 1.165) is 4.90 Å². The lowest BCUT2D eigenvalue weighted by Gasteiger charge is -2.05. The quantitative estimate of drug-likeness (QED) is 0.475. The van der Waals surface area contributed by atoms with Gasteiger partial charge in [-0.05, 0) is 30.3 Å². The van der Waals surface area contributed by atoms with E-state index < -0.39 is 17.6 Å². The van der Waals surface area contributed by atoms with E-state index in [9.17, 15) is 14.0 Å². The summed E-state index contributed by atoms with van der Waals surface area (Å²) in [6.45, 7) is 0. The molecule has 0 radical (unpaired) electrons. The van der Waals surface area contributed by atoms with E-state index in [1.54, 1.807) is 24.5 Å². The molecular formula is C20H11ClFN5O2. The van der Waals surface area contributed by atoms with Crippen LogP contribution in [0.25, 0.3) is 28.0 Å². The van der Waals surface area contributed by atoms with Crippen molar-refractivity contribution in [1.82, 2.24) is 24.6 Å². The third-order valence-electron chi connectivity index (χ3n) is 4.82. The van der Waals surface area contributed by atoms with Crippen LogP contribution in [-0.2, 0) is 0 Å². The summed E-state index contributed by atoms with van der Waals surface area (Å²) < 4.78 is 15.9. The third kappa shape index (κ3) is 2.46. The van der Waals surface area contributed by atoms with Crippen LogP contribution >= 0.6 is 11.6 Å². The Balaban J connectivity index is 1.91. The zero-order chi connectivity index (χ0) is 20.3. The first-order valence-corrected chi connectivity index (χ1v) is 8.95. The van der Waals surface area contributed by atoms with Crippen LogP contribution in [0.3, 0.4) is 0 Å². The van der Waals surface area contributed by atoms with Gasteiger partial charge < -0.3 is 0 Å². The maximum absolute atomic E-state index is 14.6. The van der Waals surface area contributed by atoms with Crippen LogP contribution < -0.4 is 0 Å². The predicted octanol–water partition coefficient (Wildman–Crippen LogP) is 3.50. The predicted molar refractivity (Wildman–Crippen MR) is 103 cm³/mol. The van der Waals surface area contributed by atoms with Gasteiger partial charge in [0.25, 0.3) is 11.8 Å². The maximum Gasteiger partial charge on any atom is 0.262 e. The first-order valence-electron chi connectivity index (χ1n) is 8.57. The number of halogens is 2. The van der Waals surface area contributed by atoms with Crippen LogP contribution in [0.4, 0.5) is 4.39 Å². The number of amides is 2. The molecule has 142 valence electrons. The number of rotatable bonds is 2. The van der Waals surface area contributed by atoms with Gasteiger partial charge >= 0.3 is 0 Å². The zero-order valence-corrected chi connectivity index (χ0v) is 15.7. The monoisotopic (exact) mass is 407 g/mol. The molecule has 1 aromatic carbocycles. The molecule has 1 aliphatic heterocycles. The largest absolute Gasteiger partial charge is 0.277 e. The number of nitrogens with zero attached hydrogens (tertiary/aromatic N) is 5. The molecule has 5 rings (SSSR count). The van der Waals surface area contributed by atoms with Crippen molar-refractivity contribution in [2.45, 2.75) is 0 Å². The van der Waals surface area contributed by atoms with Crippen LogP contribution in [0, 0.1) is 5.82 Å². The van der Waals surface area contributed by atoms with Gasteiger partial charge in [0.15, 0.2) is 5.65 Å². The lowest BCUT2D eigenvalue weighted by molar-refractivity contribution is 0.0693. The van der Waals surface area contributed by atoms with Gasteiger partial charge in [-0.3, -0.25) is 19.5 Å². The molecule has 3 aromatic heterocycles. The highest BCUT2D eigenvalue weighted by molar-refractivity contribution is 6.30. The van der Waals surface area contributed by atoms with E-state index in [1.807, 2.05) is 0 Å². The lowest BCUT2D eigenvalue weighted by atomic mass is 10.0. The minimum absolute atomic E-state index is 0.118. The molecule has 0 spiro atoms. The van der Waals surface area contributed by atoms with Gasteiger partial charge in [0.2, 0.25) is 0 Å². The number of fused-ring (bicyclic) bond motifs is 3. The Bertz CT molecular complexity index is 1340. The molecule has 0 unspecified atom stereocenters. The van der Waals surface area contributed by atoms with E-state index in [0.29, 0.717) is 16.6 Å². The SMILES string of the molecule is CN1C(=O)c2cnc3c(c(-c4cccnc4)nn3-c3ccc(Cl)cc3F)c2C1=O. The van der Waals surface area contributed by atoms with E-state index in [2.05, 4.69) is 15.1 Å². The molecule has 29 heavy (non-hydrogen) atoms. The van der Waals surface area contributed by atoms with Gasteiger partial charge in [-0.1, -0.05) is 11.6 Å². The molecule has 4 aromatic rings. The average Bonchev–Trinajstić information content (AvgIpc) is 3.20. The minimum atomic E-state index is -0.596. The number of aromatic nitrogens is 4. The Hall–Kier alpha value is -3.65. The highest BCUT2D eigenvalue weighted by Gasteiger charge is 2.37. The van der Waals surface area contributed by atoms with E-state index >= 15 is 0 Å². The van der Waals surface area contributed by atoms with Gasteiger partial charge in [0.05, 0.1) is 16.5 Å². The smallest absolute Gasteiger partial charge is 0.262 e. The van der Waals surface area contributed by atoms with E-state index in [1.165, 1.54) is 36.1 Å². The van der Waals surface area contributed by atoms with Crippen molar-refractivity contribution in [3.8, 4) is 16.9 Å². The first-order chi connectivity index (χ1) is 14.0. The summed E-state index contributed by atoms with van der Waals surface area (Å²) in [4.78, 5) is 34.7.